The van der Waals surface area contributed by atoms with Gasteiger partial charge in [0, 0.05) is 22.0 Å². The summed E-state index contributed by atoms with van der Waals surface area (Å²) in [5, 5.41) is 2.90. The summed E-state index contributed by atoms with van der Waals surface area (Å²) in [6, 6.07) is 27.8. The first kappa shape index (κ1) is 27.9. The Kier molecular flexibility index (Phi) is 6.81. The highest BCUT2D eigenvalue weighted by atomic mass is 32.1. The van der Waals surface area contributed by atoms with Gasteiger partial charge in [-0.3, -0.25) is 14.5 Å². The maximum atomic E-state index is 14.8. The zero-order chi connectivity index (χ0) is 29.8. The number of ketones is 1. The summed E-state index contributed by atoms with van der Waals surface area (Å²) >= 11 is 1.44. The molecular weight excluding hydrogens is 536 g/mol. The van der Waals surface area contributed by atoms with Gasteiger partial charge >= 0.3 is 0 Å². The lowest BCUT2D eigenvalue weighted by Crippen LogP contribution is -2.41. The fraction of sp³-hybridized carbons (Fsp3) is 0.243. The second kappa shape index (κ2) is 10.2. The minimum absolute atomic E-state index is 0.0111. The van der Waals surface area contributed by atoms with Crippen LogP contribution in [0.15, 0.2) is 102 Å². The van der Waals surface area contributed by atoms with Crippen LogP contribution in [0.4, 0.5) is 5.69 Å². The molecular formula is C37H36N2O2S. The number of aromatic amines is 1. The van der Waals surface area contributed by atoms with Gasteiger partial charge in [-0.25, -0.2) is 0 Å². The summed E-state index contributed by atoms with van der Waals surface area (Å²) in [7, 11) is 0. The number of hydrogen-bond donors (Lipinski definition) is 1. The predicted octanol–water partition coefficient (Wildman–Crippen LogP) is 9.75. The van der Waals surface area contributed by atoms with Gasteiger partial charge in [-0.05, 0) is 57.2 Å². The minimum atomic E-state index is -0.483. The molecule has 3 aromatic carbocycles. The van der Waals surface area contributed by atoms with Crippen LogP contribution in [0.3, 0.4) is 0 Å². The van der Waals surface area contributed by atoms with Crippen LogP contribution in [0.2, 0.25) is 0 Å². The number of H-pyrrole nitrogens is 1. The Hall–Kier alpha value is -4.22. The van der Waals surface area contributed by atoms with E-state index in [0.717, 1.165) is 44.5 Å². The van der Waals surface area contributed by atoms with E-state index in [1.807, 2.05) is 64.9 Å². The Labute approximate surface area is 251 Å². The molecule has 0 spiro atoms. The number of benzene rings is 3. The molecule has 6 rings (SSSR count). The number of nitrogens with zero attached hydrogens (tertiary/aromatic N) is 1. The van der Waals surface area contributed by atoms with Gasteiger partial charge in [-0.15, -0.1) is 11.3 Å². The summed E-state index contributed by atoms with van der Waals surface area (Å²) < 4.78 is 0. The fourth-order valence-electron chi connectivity index (χ4n) is 5.90. The van der Waals surface area contributed by atoms with Crippen molar-refractivity contribution in [3.05, 3.63) is 124 Å². The van der Waals surface area contributed by atoms with E-state index in [4.69, 9.17) is 0 Å². The van der Waals surface area contributed by atoms with E-state index in [1.165, 1.54) is 11.3 Å². The number of fused-ring (bicyclic) bond motifs is 2. The number of thiophene rings is 1. The second-order valence-electron chi connectivity index (χ2n) is 13.1. The number of hydrogen-bond acceptors (Lipinski definition) is 3. The molecule has 1 unspecified atom stereocenters. The van der Waals surface area contributed by atoms with Crippen molar-refractivity contribution < 1.29 is 9.59 Å². The number of rotatable bonds is 4. The monoisotopic (exact) mass is 572 g/mol. The van der Waals surface area contributed by atoms with E-state index < -0.39 is 6.04 Å². The number of anilines is 1. The van der Waals surface area contributed by atoms with Gasteiger partial charge in [0.25, 0.3) is 5.91 Å². The van der Waals surface area contributed by atoms with Crippen molar-refractivity contribution in [2.75, 3.05) is 4.90 Å². The molecule has 212 valence electrons. The van der Waals surface area contributed by atoms with Crippen LogP contribution in [-0.2, 0) is 5.41 Å². The normalized spacial score (nSPS) is 15.4. The van der Waals surface area contributed by atoms with Crippen LogP contribution in [-0.4, -0.2) is 16.7 Å². The molecule has 0 saturated heterocycles. The van der Waals surface area contributed by atoms with Crippen LogP contribution in [0, 0.1) is 5.41 Å². The van der Waals surface area contributed by atoms with Crippen molar-refractivity contribution in [2.24, 2.45) is 5.41 Å². The zero-order valence-electron chi connectivity index (χ0n) is 25.0. The van der Waals surface area contributed by atoms with Gasteiger partial charge in [0.15, 0.2) is 5.78 Å². The summed E-state index contributed by atoms with van der Waals surface area (Å²) in [6.07, 6.45) is 1.78. The summed E-state index contributed by atoms with van der Waals surface area (Å²) in [5.41, 5.74) is 6.65. The van der Waals surface area contributed by atoms with Crippen molar-refractivity contribution in [1.29, 1.82) is 0 Å². The lowest BCUT2D eigenvalue weighted by molar-refractivity contribution is 0.0973. The molecule has 1 amide bonds. The first-order valence-corrected chi connectivity index (χ1v) is 15.3. The smallest absolute Gasteiger partial charge is 0.269 e. The third-order valence-electron chi connectivity index (χ3n) is 8.12. The number of carbonyl (C=O) groups is 2. The zero-order valence-corrected chi connectivity index (χ0v) is 25.8. The highest BCUT2D eigenvalue weighted by molar-refractivity contribution is 7.12. The van der Waals surface area contributed by atoms with Crippen LogP contribution >= 0.6 is 11.3 Å². The summed E-state index contributed by atoms with van der Waals surface area (Å²) in [5.74, 6) is -0.102. The van der Waals surface area contributed by atoms with Crippen molar-refractivity contribution in [3.63, 3.8) is 0 Å². The third-order valence-corrected chi connectivity index (χ3v) is 8.98. The minimum Gasteiger partial charge on any atom is -0.353 e. The average Bonchev–Trinajstić information content (AvgIpc) is 3.62. The molecule has 1 N–H and O–H groups in total. The Morgan fingerprint density at radius 1 is 0.833 bits per heavy atom. The number of amides is 1. The largest absolute Gasteiger partial charge is 0.353 e. The van der Waals surface area contributed by atoms with Crippen molar-refractivity contribution in [3.8, 4) is 11.3 Å². The van der Waals surface area contributed by atoms with Gasteiger partial charge in [-0.2, -0.15) is 0 Å². The van der Waals surface area contributed by atoms with Crippen molar-refractivity contribution in [1.82, 2.24) is 4.98 Å². The van der Waals surface area contributed by atoms with E-state index in [2.05, 4.69) is 76.9 Å². The standard InChI is InChI=1S/C37H36N2O2S/c1-36(2,3)24-18-19-25-27(21-24)30(40)22-28(37(4,5)6)33(25)39(35(41)31-17-12-20-42-31)34-26-15-10-11-16-29(26)38-32(34)23-13-8-7-9-14-23/h7-22,33,38H,1-6H3. The van der Waals surface area contributed by atoms with E-state index in [9.17, 15) is 9.59 Å². The molecule has 0 bridgehead atoms. The summed E-state index contributed by atoms with van der Waals surface area (Å²) in [6.45, 7) is 12.8. The quantitative estimate of drug-likeness (QED) is 0.233. The molecule has 5 aromatic rings. The Bertz CT molecular complexity index is 1830. The fourth-order valence-corrected chi connectivity index (χ4v) is 6.56. The first-order chi connectivity index (χ1) is 19.9. The molecule has 2 aromatic heterocycles. The Balaban J connectivity index is 1.71. The predicted molar refractivity (Wildman–Crippen MR) is 175 cm³/mol. The molecule has 2 heterocycles. The number of nitrogens with one attached hydrogen (secondary N) is 1. The Morgan fingerprint density at radius 3 is 2.21 bits per heavy atom. The van der Waals surface area contributed by atoms with E-state index in [0.29, 0.717) is 10.4 Å². The molecule has 4 nitrogen and oxygen atoms in total. The van der Waals surface area contributed by atoms with Crippen molar-refractivity contribution in [2.45, 2.75) is 53.0 Å². The van der Waals surface area contributed by atoms with Gasteiger partial charge in [-0.1, -0.05) is 108 Å². The molecule has 0 fully saturated rings. The van der Waals surface area contributed by atoms with E-state index >= 15 is 0 Å². The number of para-hydroxylation sites is 1. The van der Waals surface area contributed by atoms with Crippen LogP contribution < -0.4 is 4.90 Å². The van der Waals surface area contributed by atoms with E-state index in [1.54, 1.807) is 6.08 Å². The highest BCUT2D eigenvalue weighted by Gasteiger charge is 2.42. The lowest BCUT2D eigenvalue weighted by Gasteiger charge is -2.41. The number of allylic oxidation sites excluding steroid dienone is 1. The molecule has 1 aliphatic rings. The summed E-state index contributed by atoms with van der Waals surface area (Å²) in [4.78, 5) is 34.9. The number of aromatic nitrogens is 1. The maximum Gasteiger partial charge on any atom is 0.269 e. The third kappa shape index (κ3) is 4.82. The topological polar surface area (TPSA) is 53.2 Å². The number of carbonyl (C=O) groups excluding carboxylic acids is 2. The molecule has 0 radical (unpaired) electrons. The first-order valence-electron chi connectivity index (χ1n) is 14.4. The molecule has 1 aliphatic carbocycles. The van der Waals surface area contributed by atoms with Gasteiger partial charge in [0.05, 0.1) is 22.3 Å². The van der Waals surface area contributed by atoms with Crippen LogP contribution in [0.5, 0.6) is 0 Å². The molecule has 0 aliphatic heterocycles. The molecule has 0 saturated carbocycles. The maximum absolute atomic E-state index is 14.8. The molecule has 1 atom stereocenters. The second-order valence-corrected chi connectivity index (χ2v) is 14.0. The van der Waals surface area contributed by atoms with Gasteiger partial charge < -0.3 is 4.98 Å². The lowest BCUT2D eigenvalue weighted by atomic mass is 9.72. The molecule has 42 heavy (non-hydrogen) atoms. The van der Waals surface area contributed by atoms with Crippen LogP contribution in [0.1, 0.15) is 78.7 Å². The highest BCUT2D eigenvalue weighted by Crippen LogP contribution is 2.50. The average molecular weight is 573 g/mol. The van der Waals surface area contributed by atoms with E-state index in [-0.39, 0.29) is 22.5 Å². The van der Waals surface area contributed by atoms with Crippen LogP contribution in [0.25, 0.3) is 22.2 Å². The molecule has 5 heteroatoms. The Morgan fingerprint density at radius 2 is 1.55 bits per heavy atom. The van der Waals surface area contributed by atoms with Crippen molar-refractivity contribution >= 4 is 39.6 Å². The van der Waals surface area contributed by atoms with Gasteiger partial charge in [0.2, 0.25) is 0 Å². The SMILES string of the molecule is CC(C)(C)C1=CC(=O)c2cc(C(C)(C)C)ccc2C1N(C(=O)c1cccs1)c1c(-c2ccccc2)[nH]c2ccccc12. The van der Waals surface area contributed by atoms with Gasteiger partial charge in [0.1, 0.15) is 0 Å².